The number of anilines is 1. The maximum Gasteiger partial charge on any atom is 0.251 e. The first-order valence-corrected chi connectivity index (χ1v) is 5.47. The summed E-state index contributed by atoms with van der Waals surface area (Å²) in [5, 5.41) is 11.1. The summed E-state index contributed by atoms with van der Waals surface area (Å²) in [5.74, 6) is -1.41. The van der Waals surface area contributed by atoms with Gasteiger partial charge < -0.3 is 10.6 Å². The molecular weight excluding hydrogens is 251 g/mol. The fraction of sp³-hybridized carbons (Fsp3) is 0.0833. The van der Waals surface area contributed by atoms with Gasteiger partial charge in [0.05, 0.1) is 18.4 Å². The van der Waals surface area contributed by atoms with E-state index in [9.17, 15) is 14.0 Å². The number of nitrogens with one attached hydrogen (secondary N) is 3. The minimum atomic E-state index is -0.512. The van der Waals surface area contributed by atoms with Crippen molar-refractivity contribution in [3.63, 3.8) is 0 Å². The van der Waals surface area contributed by atoms with Gasteiger partial charge in [-0.2, -0.15) is 5.10 Å². The second-order valence-electron chi connectivity index (χ2n) is 3.73. The average Bonchev–Trinajstić information content (AvgIpc) is 2.88. The number of H-pyrrole nitrogens is 1. The summed E-state index contributed by atoms with van der Waals surface area (Å²) < 4.78 is 12.9. The van der Waals surface area contributed by atoms with Crippen LogP contribution in [-0.2, 0) is 4.79 Å². The van der Waals surface area contributed by atoms with Gasteiger partial charge in [-0.25, -0.2) is 4.39 Å². The quantitative estimate of drug-likeness (QED) is 0.765. The van der Waals surface area contributed by atoms with Crippen LogP contribution in [0.25, 0.3) is 0 Å². The second-order valence-corrected chi connectivity index (χ2v) is 3.73. The molecule has 1 heterocycles. The van der Waals surface area contributed by atoms with Crippen molar-refractivity contribution in [2.24, 2.45) is 0 Å². The topological polar surface area (TPSA) is 86.9 Å². The van der Waals surface area contributed by atoms with Crippen molar-refractivity contribution >= 4 is 17.5 Å². The van der Waals surface area contributed by atoms with Crippen LogP contribution in [0.5, 0.6) is 0 Å². The van der Waals surface area contributed by atoms with E-state index in [0.29, 0.717) is 5.69 Å². The first kappa shape index (κ1) is 12.7. The van der Waals surface area contributed by atoms with Crippen molar-refractivity contribution in [2.45, 2.75) is 0 Å². The predicted molar refractivity (Wildman–Crippen MR) is 66.0 cm³/mol. The molecule has 0 aliphatic heterocycles. The van der Waals surface area contributed by atoms with Gasteiger partial charge >= 0.3 is 0 Å². The fourth-order valence-electron chi connectivity index (χ4n) is 1.42. The Bertz CT molecular complexity index is 583. The Balaban J connectivity index is 1.85. The van der Waals surface area contributed by atoms with Gasteiger partial charge in [-0.1, -0.05) is 6.07 Å². The van der Waals surface area contributed by atoms with Gasteiger partial charge in [0.25, 0.3) is 5.91 Å². The van der Waals surface area contributed by atoms with E-state index in [-0.39, 0.29) is 12.1 Å². The molecule has 0 aliphatic carbocycles. The summed E-state index contributed by atoms with van der Waals surface area (Å²) in [6.45, 7) is -0.208. The molecule has 2 aromatic rings. The van der Waals surface area contributed by atoms with Crippen LogP contribution in [0.3, 0.4) is 0 Å². The van der Waals surface area contributed by atoms with Crippen LogP contribution in [0.1, 0.15) is 10.4 Å². The summed E-state index contributed by atoms with van der Waals surface area (Å²) in [7, 11) is 0. The SMILES string of the molecule is O=C(CNC(=O)c1cccc(F)c1)Nc1cn[nH]c1. The van der Waals surface area contributed by atoms with Gasteiger partial charge in [-0.15, -0.1) is 0 Å². The summed E-state index contributed by atoms with van der Waals surface area (Å²) in [6, 6.07) is 5.23. The first-order valence-electron chi connectivity index (χ1n) is 5.47. The number of nitrogens with zero attached hydrogens (tertiary/aromatic N) is 1. The van der Waals surface area contributed by atoms with Crippen molar-refractivity contribution in [3.05, 3.63) is 48.0 Å². The van der Waals surface area contributed by atoms with Crippen molar-refractivity contribution in [1.29, 1.82) is 0 Å². The molecule has 0 fully saturated rings. The van der Waals surface area contributed by atoms with Gasteiger partial charge in [0.15, 0.2) is 0 Å². The second kappa shape index (κ2) is 5.76. The van der Waals surface area contributed by atoms with E-state index in [1.165, 1.54) is 30.6 Å². The minimum Gasteiger partial charge on any atom is -0.343 e. The number of carbonyl (C=O) groups is 2. The average molecular weight is 262 g/mol. The summed E-state index contributed by atoms with van der Waals surface area (Å²) >= 11 is 0. The molecular formula is C12H11FN4O2. The zero-order valence-electron chi connectivity index (χ0n) is 9.81. The van der Waals surface area contributed by atoms with Crippen LogP contribution in [0.2, 0.25) is 0 Å². The van der Waals surface area contributed by atoms with Crippen LogP contribution in [0.15, 0.2) is 36.7 Å². The molecule has 19 heavy (non-hydrogen) atoms. The predicted octanol–water partition coefficient (Wildman–Crippen LogP) is 0.917. The van der Waals surface area contributed by atoms with E-state index >= 15 is 0 Å². The van der Waals surface area contributed by atoms with Crippen molar-refractivity contribution < 1.29 is 14.0 Å². The van der Waals surface area contributed by atoms with E-state index in [0.717, 1.165) is 6.07 Å². The van der Waals surface area contributed by atoms with E-state index in [4.69, 9.17) is 0 Å². The van der Waals surface area contributed by atoms with E-state index < -0.39 is 17.6 Å². The molecule has 3 N–H and O–H groups in total. The summed E-state index contributed by atoms with van der Waals surface area (Å²) in [4.78, 5) is 23.1. The number of rotatable bonds is 4. The van der Waals surface area contributed by atoms with E-state index in [1.807, 2.05) is 0 Å². The molecule has 2 rings (SSSR count). The van der Waals surface area contributed by atoms with E-state index in [2.05, 4.69) is 20.8 Å². The van der Waals surface area contributed by atoms with Gasteiger partial charge in [0.2, 0.25) is 5.91 Å². The largest absolute Gasteiger partial charge is 0.343 e. The molecule has 7 heteroatoms. The molecule has 0 unspecified atom stereocenters. The number of carbonyl (C=O) groups excluding carboxylic acids is 2. The number of benzene rings is 1. The number of hydrogen-bond donors (Lipinski definition) is 3. The molecule has 0 bridgehead atoms. The molecule has 0 saturated heterocycles. The number of aromatic nitrogens is 2. The Morgan fingerprint density at radius 1 is 1.37 bits per heavy atom. The smallest absolute Gasteiger partial charge is 0.251 e. The van der Waals surface area contributed by atoms with Crippen molar-refractivity contribution in [2.75, 3.05) is 11.9 Å². The normalized spacial score (nSPS) is 9.95. The first-order chi connectivity index (χ1) is 9.15. The van der Waals surface area contributed by atoms with Gasteiger partial charge in [0, 0.05) is 11.8 Å². The van der Waals surface area contributed by atoms with Crippen molar-refractivity contribution in [3.8, 4) is 0 Å². The van der Waals surface area contributed by atoms with Crippen LogP contribution in [-0.4, -0.2) is 28.6 Å². The third-order valence-corrected chi connectivity index (χ3v) is 2.28. The fourth-order valence-corrected chi connectivity index (χ4v) is 1.42. The molecule has 0 atom stereocenters. The molecule has 98 valence electrons. The summed E-state index contributed by atoms with van der Waals surface area (Å²) in [5.41, 5.74) is 0.668. The van der Waals surface area contributed by atoms with Gasteiger partial charge in [-0.05, 0) is 18.2 Å². The Morgan fingerprint density at radius 2 is 2.21 bits per heavy atom. The van der Waals surface area contributed by atoms with Gasteiger partial charge in [0.1, 0.15) is 5.82 Å². The third kappa shape index (κ3) is 3.63. The standard InChI is InChI=1S/C12H11FN4O2/c13-9-3-1-2-8(4-9)12(19)14-7-11(18)17-10-5-15-16-6-10/h1-6H,7H2,(H,14,19)(H,15,16)(H,17,18). The lowest BCUT2D eigenvalue weighted by molar-refractivity contribution is -0.115. The summed E-state index contributed by atoms with van der Waals surface area (Å²) in [6.07, 6.45) is 2.94. The Kier molecular flexibility index (Phi) is 3.87. The molecule has 6 nitrogen and oxygen atoms in total. The lowest BCUT2D eigenvalue weighted by Crippen LogP contribution is -2.32. The maximum atomic E-state index is 12.9. The third-order valence-electron chi connectivity index (χ3n) is 2.28. The Labute approximate surface area is 108 Å². The number of halogens is 1. The highest BCUT2D eigenvalue weighted by atomic mass is 19.1. The monoisotopic (exact) mass is 262 g/mol. The van der Waals surface area contributed by atoms with E-state index in [1.54, 1.807) is 0 Å². The highest BCUT2D eigenvalue weighted by Gasteiger charge is 2.09. The number of amides is 2. The molecule has 0 saturated carbocycles. The van der Waals surface area contributed by atoms with Crippen LogP contribution in [0.4, 0.5) is 10.1 Å². The van der Waals surface area contributed by atoms with Crippen LogP contribution >= 0.6 is 0 Å². The van der Waals surface area contributed by atoms with Gasteiger partial charge in [-0.3, -0.25) is 14.7 Å². The lowest BCUT2D eigenvalue weighted by atomic mass is 10.2. The zero-order valence-corrected chi connectivity index (χ0v) is 9.81. The number of hydrogen-bond acceptors (Lipinski definition) is 3. The molecule has 0 spiro atoms. The Morgan fingerprint density at radius 3 is 2.89 bits per heavy atom. The highest BCUT2D eigenvalue weighted by Crippen LogP contribution is 2.03. The molecule has 0 aliphatic rings. The molecule has 1 aromatic heterocycles. The zero-order chi connectivity index (χ0) is 13.7. The highest BCUT2D eigenvalue weighted by molar-refractivity contribution is 5.99. The molecule has 0 radical (unpaired) electrons. The lowest BCUT2D eigenvalue weighted by Gasteiger charge is -2.05. The Hall–Kier alpha value is -2.70. The van der Waals surface area contributed by atoms with Crippen LogP contribution in [0, 0.1) is 5.82 Å². The molecule has 2 amide bonds. The van der Waals surface area contributed by atoms with Crippen molar-refractivity contribution in [1.82, 2.24) is 15.5 Å². The maximum absolute atomic E-state index is 12.9. The number of aromatic amines is 1. The van der Waals surface area contributed by atoms with Crippen LogP contribution < -0.4 is 10.6 Å². The molecule has 1 aromatic carbocycles. The minimum absolute atomic E-state index is 0.163.